The van der Waals surface area contributed by atoms with Crippen LogP contribution in [0.25, 0.3) is 0 Å². The van der Waals surface area contributed by atoms with Gasteiger partial charge in [0.1, 0.15) is 10.7 Å². The number of rotatable bonds is 4. The molecule has 0 aromatic carbocycles. The molecular weight excluding hydrogens is 276 g/mol. The van der Waals surface area contributed by atoms with Crippen LogP contribution in [0.1, 0.15) is 36.9 Å². The van der Waals surface area contributed by atoms with Gasteiger partial charge in [-0.3, -0.25) is 4.79 Å². The summed E-state index contributed by atoms with van der Waals surface area (Å²) in [6.07, 6.45) is 1.03. The predicted octanol–water partition coefficient (Wildman–Crippen LogP) is 1.80. The van der Waals surface area contributed by atoms with Gasteiger partial charge in [-0.1, -0.05) is 18.3 Å². The Hall–Kier alpha value is -1.34. The lowest BCUT2D eigenvalue weighted by atomic mass is 10.2. The highest BCUT2D eigenvalue weighted by atomic mass is 32.1. The van der Waals surface area contributed by atoms with Crippen LogP contribution in [0.4, 0.5) is 10.9 Å². The molecule has 1 atom stereocenters. The number of aromatic nitrogens is 1. The van der Waals surface area contributed by atoms with Gasteiger partial charge in [0.05, 0.1) is 12.7 Å². The van der Waals surface area contributed by atoms with Crippen LogP contribution in [-0.4, -0.2) is 47.6 Å². The average molecular weight is 298 g/mol. The fourth-order valence-corrected chi connectivity index (χ4v) is 3.09. The van der Waals surface area contributed by atoms with Crippen molar-refractivity contribution >= 4 is 28.2 Å². The van der Waals surface area contributed by atoms with Crippen LogP contribution in [-0.2, 0) is 4.74 Å². The molecule has 0 spiro atoms. The Balaban J connectivity index is 2.10. The summed E-state index contributed by atoms with van der Waals surface area (Å²) in [4.78, 5) is 19.1. The minimum Gasteiger partial charge on any atom is -0.382 e. The largest absolute Gasteiger partial charge is 0.382 e. The highest BCUT2D eigenvalue weighted by Crippen LogP contribution is 2.27. The third-order valence-electron chi connectivity index (χ3n) is 3.14. The standard InChI is InChI=1S/C13H22N4O2S/c1-4-9-7-17(5-6-19-9)12(18)10-11(14)16-13(20-10)15-8(2)3/h8-9H,4-7,14H2,1-3H3,(H,15,16). The van der Waals surface area contributed by atoms with E-state index in [1.807, 2.05) is 13.8 Å². The smallest absolute Gasteiger partial charge is 0.268 e. The zero-order valence-corrected chi connectivity index (χ0v) is 13.0. The normalized spacial score (nSPS) is 19.4. The highest BCUT2D eigenvalue weighted by molar-refractivity contribution is 7.18. The molecule has 1 amide bonds. The molecule has 1 fully saturated rings. The number of amides is 1. The molecule has 112 valence electrons. The first-order valence-electron chi connectivity index (χ1n) is 6.95. The van der Waals surface area contributed by atoms with Crippen LogP contribution in [0, 0.1) is 0 Å². The van der Waals surface area contributed by atoms with Crippen molar-refractivity contribution in [3.05, 3.63) is 4.88 Å². The molecule has 20 heavy (non-hydrogen) atoms. The van der Waals surface area contributed by atoms with Gasteiger partial charge in [0.15, 0.2) is 5.13 Å². The van der Waals surface area contributed by atoms with Gasteiger partial charge < -0.3 is 20.7 Å². The van der Waals surface area contributed by atoms with Gasteiger partial charge in [0.25, 0.3) is 5.91 Å². The maximum Gasteiger partial charge on any atom is 0.268 e. The lowest BCUT2D eigenvalue weighted by molar-refractivity contribution is -0.0224. The molecule has 0 saturated carbocycles. The number of morpholine rings is 1. The molecule has 1 unspecified atom stereocenters. The molecule has 0 aliphatic carbocycles. The summed E-state index contributed by atoms with van der Waals surface area (Å²) in [6, 6.07) is 0.261. The van der Waals surface area contributed by atoms with Gasteiger partial charge in [-0.05, 0) is 20.3 Å². The number of ether oxygens (including phenoxy) is 1. The molecular formula is C13H22N4O2S. The van der Waals surface area contributed by atoms with E-state index in [4.69, 9.17) is 10.5 Å². The molecule has 1 saturated heterocycles. The van der Waals surface area contributed by atoms with Gasteiger partial charge >= 0.3 is 0 Å². The van der Waals surface area contributed by atoms with E-state index in [9.17, 15) is 4.79 Å². The summed E-state index contributed by atoms with van der Waals surface area (Å²) in [5, 5.41) is 3.87. The van der Waals surface area contributed by atoms with Crippen LogP contribution >= 0.6 is 11.3 Å². The van der Waals surface area contributed by atoms with E-state index in [0.29, 0.717) is 35.5 Å². The fourth-order valence-electron chi connectivity index (χ4n) is 2.09. The van der Waals surface area contributed by atoms with E-state index in [1.165, 1.54) is 11.3 Å². The molecule has 1 aliphatic heterocycles. The molecule has 1 aliphatic rings. The molecule has 2 rings (SSSR count). The lowest BCUT2D eigenvalue weighted by Gasteiger charge is -2.32. The van der Waals surface area contributed by atoms with Crippen molar-refractivity contribution in [2.45, 2.75) is 39.3 Å². The van der Waals surface area contributed by atoms with Gasteiger partial charge in [0, 0.05) is 19.1 Å². The Labute approximate surface area is 123 Å². The van der Waals surface area contributed by atoms with Gasteiger partial charge in [-0.2, -0.15) is 0 Å². The second-order valence-electron chi connectivity index (χ2n) is 5.18. The van der Waals surface area contributed by atoms with E-state index in [1.54, 1.807) is 4.90 Å². The predicted molar refractivity (Wildman–Crippen MR) is 81.2 cm³/mol. The van der Waals surface area contributed by atoms with E-state index in [2.05, 4.69) is 17.2 Å². The van der Waals surface area contributed by atoms with E-state index in [-0.39, 0.29) is 18.1 Å². The Bertz CT molecular complexity index is 475. The Kier molecular flexibility index (Phi) is 4.82. The second-order valence-corrected chi connectivity index (χ2v) is 6.18. The number of anilines is 2. The Morgan fingerprint density at radius 2 is 2.40 bits per heavy atom. The summed E-state index contributed by atoms with van der Waals surface area (Å²) < 4.78 is 5.58. The van der Waals surface area contributed by atoms with Crippen molar-refractivity contribution in [3.63, 3.8) is 0 Å². The maximum atomic E-state index is 12.5. The van der Waals surface area contributed by atoms with E-state index < -0.39 is 0 Å². The van der Waals surface area contributed by atoms with Crippen molar-refractivity contribution in [2.75, 3.05) is 30.7 Å². The molecule has 7 heteroatoms. The minimum absolute atomic E-state index is 0.0430. The number of thiazole rings is 1. The van der Waals surface area contributed by atoms with Crippen LogP contribution in [0.2, 0.25) is 0 Å². The molecule has 0 bridgehead atoms. The lowest BCUT2D eigenvalue weighted by Crippen LogP contribution is -2.45. The first-order chi connectivity index (χ1) is 9.51. The SMILES string of the molecule is CCC1CN(C(=O)c2sc(NC(C)C)nc2N)CCO1. The van der Waals surface area contributed by atoms with Crippen molar-refractivity contribution in [3.8, 4) is 0 Å². The van der Waals surface area contributed by atoms with E-state index in [0.717, 1.165) is 6.42 Å². The van der Waals surface area contributed by atoms with Crippen LogP contribution in [0.15, 0.2) is 0 Å². The second kappa shape index (κ2) is 6.41. The number of carbonyl (C=O) groups is 1. The van der Waals surface area contributed by atoms with Crippen LogP contribution in [0.5, 0.6) is 0 Å². The Morgan fingerprint density at radius 3 is 3.05 bits per heavy atom. The maximum absolute atomic E-state index is 12.5. The number of hydrogen-bond acceptors (Lipinski definition) is 6. The van der Waals surface area contributed by atoms with E-state index >= 15 is 0 Å². The van der Waals surface area contributed by atoms with Crippen molar-refractivity contribution < 1.29 is 9.53 Å². The summed E-state index contributed by atoms with van der Waals surface area (Å²) in [6.45, 7) is 7.92. The zero-order chi connectivity index (χ0) is 14.7. The summed E-state index contributed by atoms with van der Waals surface area (Å²) in [5.74, 6) is 0.265. The first kappa shape index (κ1) is 15.1. The monoisotopic (exact) mass is 298 g/mol. The number of nitrogens with two attached hydrogens (primary N) is 1. The average Bonchev–Trinajstić information content (AvgIpc) is 2.77. The molecule has 3 N–H and O–H groups in total. The molecule has 1 aromatic heterocycles. The van der Waals surface area contributed by atoms with Crippen molar-refractivity contribution in [1.29, 1.82) is 0 Å². The third-order valence-corrected chi connectivity index (χ3v) is 4.13. The number of hydrogen-bond donors (Lipinski definition) is 2. The minimum atomic E-state index is -0.0430. The highest BCUT2D eigenvalue weighted by Gasteiger charge is 2.27. The molecule has 0 radical (unpaired) electrons. The topological polar surface area (TPSA) is 80.5 Å². The summed E-state index contributed by atoms with van der Waals surface area (Å²) >= 11 is 1.32. The number of carbonyl (C=O) groups excluding carboxylic acids is 1. The quantitative estimate of drug-likeness (QED) is 0.886. The molecule has 6 nitrogen and oxygen atoms in total. The first-order valence-corrected chi connectivity index (χ1v) is 7.76. The zero-order valence-electron chi connectivity index (χ0n) is 12.2. The van der Waals surface area contributed by atoms with Gasteiger partial charge in [-0.25, -0.2) is 4.98 Å². The number of nitrogens with zero attached hydrogens (tertiary/aromatic N) is 2. The summed E-state index contributed by atoms with van der Waals surface area (Å²) in [7, 11) is 0. The fraction of sp³-hybridized carbons (Fsp3) is 0.692. The van der Waals surface area contributed by atoms with Gasteiger partial charge in [-0.15, -0.1) is 0 Å². The van der Waals surface area contributed by atoms with Crippen LogP contribution in [0.3, 0.4) is 0 Å². The summed E-state index contributed by atoms with van der Waals surface area (Å²) in [5.41, 5.74) is 5.87. The molecule has 2 heterocycles. The van der Waals surface area contributed by atoms with Gasteiger partial charge in [0.2, 0.25) is 0 Å². The Morgan fingerprint density at radius 1 is 1.65 bits per heavy atom. The number of nitrogens with one attached hydrogen (secondary N) is 1. The van der Waals surface area contributed by atoms with Crippen molar-refractivity contribution in [1.82, 2.24) is 9.88 Å². The third kappa shape index (κ3) is 3.40. The van der Waals surface area contributed by atoms with Crippen LogP contribution < -0.4 is 11.1 Å². The molecule has 1 aromatic rings. The number of nitrogen functional groups attached to an aromatic ring is 1. The van der Waals surface area contributed by atoms with Crippen molar-refractivity contribution in [2.24, 2.45) is 0 Å².